The topological polar surface area (TPSA) is 77.5 Å². The molecule has 6 heteroatoms. The van der Waals surface area contributed by atoms with Crippen molar-refractivity contribution >= 4 is 21.6 Å². The lowest BCUT2D eigenvalue weighted by molar-refractivity contribution is 0.0315. The number of hydrogen-bond donors (Lipinski definition) is 0. The lowest BCUT2D eigenvalue weighted by Gasteiger charge is -2.14. The molecule has 0 aliphatic heterocycles. The molecule has 2 aromatic rings. The molecule has 0 N–H and O–H groups in total. The van der Waals surface area contributed by atoms with E-state index in [-0.39, 0.29) is 16.2 Å². The summed E-state index contributed by atoms with van der Waals surface area (Å²) in [5.41, 5.74) is 2.39. The highest BCUT2D eigenvalue weighted by atomic mass is 32.2. The summed E-state index contributed by atoms with van der Waals surface area (Å²) in [6.45, 7) is 5.30. The minimum atomic E-state index is -3.58. The number of aryl methyl sites for hydroxylation is 2. The Morgan fingerprint density at radius 2 is 1.64 bits per heavy atom. The lowest BCUT2D eigenvalue weighted by Crippen LogP contribution is -2.25. The molecule has 1 atom stereocenters. The minimum absolute atomic E-state index is 0.0789. The van der Waals surface area contributed by atoms with E-state index in [0.717, 1.165) is 17.4 Å². The van der Waals surface area contributed by atoms with Gasteiger partial charge in [-0.3, -0.25) is 4.79 Å². The number of carbonyl (C=O) groups excluding carboxylic acids is 2. The Bertz CT molecular complexity index is 929. The first-order valence-corrected chi connectivity index (χ1v) is 9.62. The maximum absolute atomic E-state index is 12.5. The van der Waals surface area contributed by atoms with E-state index in [0.29, 0.717) is 5.56 Å². The Morgan fingerprint density at radius 1 is 1.00 bits per heavy atom. The van der Waals surface area contributed by atoms with E-state index in [1.165, 1.54) is 25.1 Å². The number of Topliss-reactive ketones (excluding diaryl/α,β-unsaturated/α-hetero) is 1. The molecule has 0 radical (unpaired) electrons. The van der Waals surface area contributed by atoms with Gasteiger partial charge in [0, 0.05) is 11.8 Å². The summed E-state index contributed by atoms with van der Waals surface area (Å²) in [7, 11) is -3.58. The van der Waals surface area contributed by atoms with Crippen molar-refractivity contribution in [1.82, 2.24) is 0 Å². The standard InChI is InChI=1S/C19H20O5S/c1-12-9-10-15(11-13(12)2)18(20)14(3)24-19(21)16-7-5-6-8-17(16)25(4,22)23/h5-11,14H,1-4H3. The van der Waals surface area contributed by atoms with E-state index < -0.39 is 21.9 Å². The van der Waals surface area contributed by atoms with Crippen molar-refractivity contribution in [3.8, 4) is 0 Å². The molecule has 0 bridgehead atoms. The number of ether oxygens (including phenoxy) is 1. The molecule has 0 amide bonds. The van der Waals surface area contributed by atoms with Gasteiger partial charge in [-0.2, -0.15) is 0 Å². The van der Waals surface area contributed by atoms with Gasteiger partial charge in [-0.05, 0) is 50.1 Å². The van der Waals surface area contributed by atoms with Gasteiger partial charge in [0.05, 0.1) is 10.5 Å². The Hall–Kier alpha value is -2.47. The van der Waals surface area contributed by atoms with Crippen LogP contribution < -0.4 is 0 Å². The molecule has 0 heterocycles. The molecule has 5 nitrogen and oxygen atoms in total. The Balaban J connectivity index is 2.23. The maximum atomic E-state index is 12.5. The van der Waals surface area contributed by atoms with Gasteiger partial charge in [-0.25, -0.2) is 13.2 Å². The van der Waals surface area contributed by atoms with Crippen LogP contribution in [0.5, 0.6) is 0 Å². The van der Waals surface area contributed by atoms with Crippen LogP contribution >= 0.6 is 0 Å². The van der Waals surface area contributed by atoms with E-state index in [9.17, 15) is 18.0 Å². The average Bonchev–Trinajstić information content (AvgIpc) is 2.55. The molecule has 0 aromatic heterocycles. The molecular formula is C19H20O5S. The van der Waals surface area contributed by atoms with Crippen molar-refractivity contribution in [3.05, 3.63) is 64.7 Å². The summed E-state index contributed by atoms with van der Waals surface area (Å²) in [6.07, 6.45) is -0.00908. The zero-order valence-electron chi connectivity index (χ0n) is 14.6. The third-order valence-corrected chi connectivity index (χ3v) is 5.11. The smallest absolute Gasteiger partial charge is 0.340 e. The predicted octanol–water partition coefficient (Wildman–Crippen LogP) is 3.14. The van der Waals surface area contributed by atoms with E-state index in [4.69, 9.17) is 4.74 Å². The van der Waals surface area contributed by atoms with Crippen molar-refractivity contribution < 1.29 is 22.7 Å². The lowest BCUT2D eigenvalue weighted by atomic mass is 10.0. The van der Waals surface area contributed by atoms with Gasteiger partial charge in [0.15, 0.2) is 15.9 Å². The molecule has 132 valence electrons. The summed E-state index contributed by atoms with van der Waals surface area (Å²) in [5, 5.41) is 0. The highest BCUT2D eigenvalue weighted by Gasteiger charge is 2.24. The Morgan fingerprint density at radius 3 is 2.24 bits per heavy atom. The van der Waals surface area contributed by atoms with Gasteiger partial charge in [-0.15, -0.1) is 0 Å². The van der Waals surface area contributed by atoms with Crippen molar-refractivity contribution in [1.29, 1.82) is 0 Å². The van der Waals surface area contributed by atoms with Crippen molar-refractivity contribution in [2.75, 3.05) is 6.26 Å². The van der Waals surface area contributed by atoms with Crippen LogP contribution in [0.1, 0.15) is 38.8 Å². The number of hydrogen-bond acceptors (Lipinski definition) is 5. The zero-order chi connectivity index (χ0) is 18.8. The largest absolute Gasteiger partial charge is 0.451 e. The highest BCUT2D eigenvalue weighted by Crippen LogP contribution is 2.18. The predicted molar refractivity (Wildman–Crippen MR) is 94.7 cm³/mol. The van der Waals surface area contributed by atoms with Crippen molar-refractivity contribution in [3.63, 3.8) is 0 Å². The average molecular weight is 360 g/mol. The summed E-state index contributed by atoms with van der Waals surface area (Å²) in [4.78, 5) is 24.7. The molecule has 2 rings (SSSR count). The van der Waals surface area contributed by atoms with E-state index in [1.54, 1.807) is 18.2 Å². The van der Waals surface area contributed by atoms with Gasteiger partial charge >= 0.3 is 5.97 Å². The SMILES string of the molecule is Cc1ccc(C(=O)C(C)OC(=O)c2ccccc2S(C)(=O)=O)cc1C. The first-order chi connectivity index (χ1) is 11.6. The van der Waals surface area contributed by atoms with Gasteiger partial charge in [0.25, 0.3) is 0 Å². The molecule has 0 saturated carbocycles. The fourth-order valence-corrected chi connectivity index (χ4v) is 3.24. The summed E-state index contributed by atoms with van der Waals surface area (Å²) >= 11 is 0. The van der Waals surface area contributed by atoms with E-state index >= 15 is 0 Å². The number of esters is 1. The van der Waals surface area contributed by atoms with Crippen LogP contribution in [0, 0.1) is 13.8 Å². The summed E-state index contributed by atoms with van der Waals surface area (Å²) in [6, 6.07) is 11.0. The quantitative estimate of drug-likeness (QED) is 0.605. The van der Waals surface area contributed by atoms with Gasteiger partial charge in [0.1, 0.15) is 0 Å². The third kappa shape index (κ3) is 4.33. The van der Waals surface area contributed by atoms with E-state index in [2.05, 4.69) is 0 Å². The van der Waals surface area contributed by atoms with Crippen LogP contribution in [0.3, 0.4) is 0 Å². The third-order valence-electron chi connectivity index (χ3n) is 3.95. The second kappa shape index (κ2) is 7.19. The van der Waals surface area contributed by atoms with Crippen molar-refractivity contribution in [2.24, 2.45) is 0 Å². The molecule has 0 saturated heterocycles. The van der Waals surface area contributed by atoms with Gasteiger partial charge in [0.2, 0.25) is 5.78 Å². The minimum Gasteiger partial charge on any atom is -0.451 e. The van der Waals surface area contributed by atoms with Crippen LogP contribution in [-0.2, 0) is 14.6 Å². The van der Waals surface area contributed by atoms with Gasteiger partial charge < -0.3 is 4.74 Å². The van der Waals surface area contributed by atoms with Crippen LogP contribution in [0.2, 0.25) is 0 Å². The molecule has 0 spiro atoms. The Labute approximate surface area is 147 Å². The van der Waals surface area contributed by atoms with Crippen LogP contribution in [0.4, 0.5) is 0 Å². The molecule has 0 fully saturated rings. The normalized spacial score (nSPS) is 12.5. The second-order valence-electron chi connectivity index (χ2n) is 5.98. The van der Waals surface area contributed by atoms with Crippen LogP contribution in [0.25, 0.3) is 0 Å². The number of carbonyl (C=O) groups is 2. The zero-order valence-corrected chi connectivity index (χ0v) is 15.4. The molecule has 0 aliphatic rings. The maximum Gasteiger partial charge on any atom is 0.340 e. The van der Waals surface area contributed by atoms with Crippen molar-refractivity contribution in [2.45, 2.75) is 31.8 Å². The summed E-state index contributed by atoms with van der Waals surface area (Å²) < 4.78 is 28.8. The molecular weight excluding hydrogens is 340 g/mol. The Kier molecular flexibility index (Phi) is 5.42. The molecule has 2 aromatic carbocycles. The summed E-state index contributed by atoms with van der Waals surface area (Å²) in [5.74, 6) is -1.18. The fraction of sp³-hybridized carbons (Fsp3) is 0.263. The fourth-order valence-electron chi connectivity index (χ4n) is 2.37. The van der Waals surface area contributed by atoms with E-state index in [1.807, 2.05) is 19.9 Å². The second-order valence-corrected chi connectivity index (χ2v) is 7.96. The molecule has 1 unspecified atom stereocenters. The first kappa shape index (κ1) is 18.9. The molecule has 25 heavy (non-hydrogen) atoms. The molecule has 0 aliphatic carbocycles. The monoisotopic (exact) mass is 360 g/mol. The number of sulfone groups is 1. The highest BCUT2D eigenvalue weighted by molar-refractivity contribution is 7.90. The first-order valence-electron chi connectivity index (χ1n) is 7.73. The number of rotatable bonds is 5. The number of ketones is 1. The van der Waals surface area contributed by atoms with Crippen LogP contribution in [0.15, 0.2) is 47.4 Å². The van der Waals surface area contributed by atoms with Gasteiger partial charge in [-0.1, -0.05) is 24.3 Å². The number of benzene rings is 2. The van der Waals surface area contributed by atoms with Crippen LogP contribution in [-0.4, -0.2) is 32.5 Å².